The molecule has 1 aromatic heterocycles. The standard InChI is InChI=1S/C11H12BrFN2O/c12-8-4-7(5-14-6-8)11(16)15-10-3-1-2-9(10)13/h4-6,9-10H,1-3H2,(H,15,16). The molecule has 1 N–H and O–H groups in total. The maximum atomic E-state index is 13.3. The lowest BCUT2D eigenvalue weighted by atomic mass is 10.2. The van der Waals surface area contributed by atoms with Crippen molar-refractivity contribution in [1.82, 2.24) is 10.3 Å². The molecule has 0 saturated heterocycles. The largest absolute Gasteiger partial charge is 0.346 e. The van der Waals surface area contributed by atoms with Crippen molar-refractivity contribution in [3.8, 4) is 0 Å². The van der Waals surface area contributed by atoms with E-state index >= 15 is 0 Å². The summed E-state index contributed by atoms with van der Waals surface area (Å²) in [5.74, 6) is -0.261. The van der Waals surface area contributed by atoms with E-state index in [-0.39, 0.29) is 11.9 Å². The van der Waals surface area contributed by atoms with Crippen LogP contribution in [0.25, 0.3) is 0 Å². The van der Waals surface area contributed by atoms with Gasteiger partial charge in [-0.15, -0.1) is 0 Å². The molecule has 2 unspecified atom stereocenters. The lowest BCUT2D eigenvalue weighted by Gasteiger charge is -2.14. The van der Waals surface area contributed by atoms with Gasteiger partial charge < -0.3 is 5.32 Å². The van der Waals surface area contributed by atoms with Crippen LogP contribution in [0.5, 0.6) is 0 Å². The normalized spacial score (nSPS) is 24.4. The van der Waals surface area contributed by atoms with Crippen molar-refractivity contribution in [3.63, 3.8) is 0 Å². The molecule has 1 heterocycles. The van der Waals surface area contributed by atoms with E-state index in [2.05, 4.69) is 26.2 Å². The number of carbonyl (C=O) groups is 1. The SMILES string of the molecule is O=C(NC1CCCC1F)c1cncc(Br)c1. The number of hydrogen-bond acceptors (Lipinski definition) is 2. The minimum absolute atomic E-state index is 0.261. The smallest absolute Gasteiger partial charge is 0.253 e. The zero-order valence-electron chi connectivity index (χ0n) is 8.62. The maximum absolute atomic E-state index is 13.3. The number of amides is 1. The summed E-state index contributed by atoms with van der Waals surface area (Å²) >= 11 is 3.24. The fourth-order valence-corrected chi connectivity index (χ4v) is 2.23. The number of alkyl halides is 1. The molecule has 3 nitrogen and oxygen atoms in total. The third-order valence-electron chi connectivity index (χ3n) is 2.72. The molecule has 1 amide bonds. The Kier molecular flexibility index (Phi) is 3.53. The first-order valence-corrected chi connectivity index (χ1v) is 6.01. The molecule has 1 fully saturated rings. The Bertz CT molecular complexity index is 399. The second-order valence-electron chi connectivity index (χ2n) is 3.92. The summed E-state index contributed by atoms with van der Waals surface area (Å²) < 4.78 is 14.0. The monoisotopic (exact) mass is 286 g/mol. The van der Waals surface area contributed by atoms with E-state index in [1.54, 1.807) is 12.3 Å². The highest BCUT2D eigenvalue weighted by molar-refractivity contribution is 9.10. The van der Waals surface area contributed by atoms with Gasteiger partial charge in [0.05, 0.1) is 11.6 Å². The molecule has 86 valence electrons. The van der Waals surface area contributed by atoms with Crippen LogP contribution in [-0.4, -0.2) is 23.1 Å². The second kappa shape index (κ2) is 4.91. The average molecular weight is 287 g/mol. The Morgan fingerprint density at radius 2 is 2.31 bits per heavy atom. The van der Waals surface area contributed by atoms with Gasteiger partial charge in [0.2, 0.25) is 0 Å². The summed E-state index contributed by atoms with van der Waals surface area (Å²) in [6, 6.07) is 1.33. The first-order valence-electron chi connectivity index (χ1n) is 5.22. The van der Waals surface area contributed by atoms with Gasteiger partial charge in [0.25, 0.3) is 5.91 Å². The number of hydrogen-bond donors (Lipinski definition) is 1. The average Bonchev–Trinajstić information content (AvgIpc) is 2.64. The molecule has 0 bridgehead atoms. The predicted octanol–water partition coefficient (Wildman–Crippen LogP) is 2.46. The van der Waals surface area contributed by atoms with Crippen LogP contribution < -0.4 is 5.32 Å². The number of carbonyl (C=O) groups excluding carboxylic acids is 1. The molecule has 1 aliphatic carbocycles. The molecule has 2 rings (SSSR count). The molecule has 1 aliphatic rings. The Morgan fingerprint density at radius 3 is 2.94 bits per heavy atom. The third kappa shape index (κ3) is 2.58. The zero-order valence-corrected chi connectivity index (χ0v) is 10.2. The van der Waals surface area contributed by atoms with Crippen LogP contribution in [0, 0.1) is 0 Å². The molecule has 0 aromatic carbocycles. The summed E-state index contributed by atoms with van der Waals surface area (Å²) in [6.07, 6.45) is 4.26. The van der Waals surface area contributed by atoms with E-state index < -0.39 is 6.17 Å². The number of nitrogens with zero attached hydrogens (tertiary/aromatic N) is 1. The lowest BCUT2D eigenvalue weighted by molar-refractivity contribution is 0.0919. The van der Waals surface area contributed by atoms with Crippen LogP contribution in [0.3, 0.4) is 0 Å². The van der Waals surface area contributed by atoms with E-state index in [9.17, 15) is 9.18 Å². The quantitative estimate of drug-likeness (QED) is 0.908. The molecule has 16 heavy (non-hydrogen) atoms. The molecule has 2 atom stereocenters. The summed E-state index contributed by atoms with van der Waals surface area (Å²) in [6.45, 7) is 0. The molecule has 5 heteroatoms. The summed E-state index contributed by atoms with van der Waals surface area (Å²) in [4.78, 5) is 15.7. The van der Waals surface area contributed by atoms with Gasteiger partial charge in [-0.25, -0.2) is 4.39 Å². The van der Waals surface area contributed by atoms with Gasteiger partial charge in [0, 0.05) is 16.9 Å². The fourth-order valence-electron chi connectivity index (χ4n) is 1.87. The molecular formula is C11H12BrFN2O. The summed E-state index contributed by atoms with van der Waals surface area (Å²) in [5, 5.41) is 2.70. The number of aromatic nitrogens is 1. The van der Waals surface area contributed by atoms with Crippen molar-refractivity contribution in [2.75, 3.05) is 0 Å². The Labute approximate surface area is 102 Å². The number of halogens is 2. The van der Waals surface area contributed by atoms with Crippen LogP contribution in [0.1, 0.15) is 29.6 Å². The molecule has 1 aromatic rings. The second-order valence-corrected chi connectivity index (χ2v) is 4.83. The van der Waals surface area contributed by atoms with E-state index in [4.69, 9.17) is 0 Å². The van der Waals surface area contributed by atoms with Crippen molar-refractivity contribution in [2.45, 2.75) is 31.5 Å². The van der Waals surface area contributed by atoms with Gasteiger partial charge in [-0.3, -0.25) is 9.78 Å². The highest BCUT2D eigenvalue weighted by Gasteiger charge is 2.28. The van der Waals surface area contributed by atoms with Crippen molar-refractivity contribution in [2.24, 2.45) is 0 Å². The van der Waals surface area contributed by atoms with Crippen LogP contribution in [-0.2, 0) is 0 Å². The van der Waals surface area contributed by atoms with Gasteiger partial charge in [-0.2, -0.15) is 0 Å². The Balaban J connectivity index is 2.03. The van der Waals surface area contributed by atoms with Crippen molar-refractivity contribution < 1.29 is 9.18 Å². The van der Waals surface area contributed by atoms with Crippen LogP contribution in [0.2, 0.25) is 0 Å². The lowest BCUT2D eigenvalue weighted by Crippen LogP contribution is -2.38. The molecular weight excluding hydrogens is 275 g/mol. The number of rotatable bonds is 2. The van der Waals surface area contributed by atoms with Crippen LogP contribution in [0.15, 0.2) is 22.9 Å². The summed E-state index contributed by atoms with van der Waals surface area (Å²) in [5.41, 5.74) is 0.452. The third-order valence-corrected chi connectivity index (χ3v) is 3.15. The predicted molar refractivity (Wildman–Crippen MR) is 61.9 cm³/mol. The van der Waals surface area contributed by atoms with Gasteiger partial charge >= 0.3 is 0 Å². The minimum Gasteiger partial charge on any atom is -0.346 e. The van der Waals surface area contributed by atoms with E-state index in [0.29, 0.717) is 18.4 Å². The maximum Gasteiger partial charge on any atom is 0.253 e. The highest BCUT2D eigenvalue weighted by atomic mass is 79.9. The van der Waals surface area contributed by atoms with Gasteiger partial charge in [-0.1, -0.05) is 0 Å². The first kappa shape index (κ1) is 11.5. The minimum atomic E-state index is -0.913. The fraction of sp³-hybridized carbons (Fsp3) is 0.455. The van der Waals surface area contributed by atoms with Crippen molar-refractivity contribution in [1.29, 1.82) is 0 Å². The van der Waals surface area contributed by atoms with Crippen molar-refractivity contribution in [3.05, 3.63) is 28.5 Å². The molecule has 0 spiro atoms. The number of pyridine rings is 1. The number of nitrogens with one attached hydrogen (secondary N) is 1. The van der Waals surface area contributed by atoms with Crippen LogP contribution in [0.4, 0.5) is 4.39 Å². The van der Waals surface area contributed by atoms with Gasteiger partial charge in [-0.05, 0) is 41.3 Å². The molecule has 1 saturated carbocycles. The van der Waals surface area contributed by atoms with E-state index in [1.165, 1.54) is 6.20 Å². The van der Waals surface area contributed by atoms with Gasteiger partial charge in [0.1, 0.15) is 6.17 Å². The van der Waals surface area contributed by atoms with E-state index in [1.807, 2.05) is 0 Å². The zero-order chi connectivity index (χ0) is 11.5. The van der Waals surface area contributed by atoms with Crippen molar-refractivity contribution >= 4 is 21.8 Å². The first-order chi connectivity index (χ1) is 7.66. The molecule has 0 radical (unpaired) electrons. The molecule has 0 aliphatic heterocycles. The van der Waals surface area contributed by atoms with Crippen LogP contribution >= 0.6 is 15.9 Å². The highest BCUT2D eigenvalue weighted by Crippen LogP contribution is 2.22. The summed E-state index contributed by atoms with van der Waals surface area (Å²) in [7, 11) is 0. The topological polar surface area (TPSA) is 42.0 Å². The van der Waals surface area contributed by atoms with Gasteiger partial charge in [0.15, 0.2) is 0 Å². The Morgan fingerprint density at radius 1 is 1.50 bits per heavy atom. The van der Waals surface area contributed by atoms with E-state index in [0.717, 1.165) is 10.9 Å². The Hall–Kier alpha value is -0.970.